The van der Waals surface area contributed by atoms with Crippen LogP contribution in [0.2, 0.25) is 0 Å². The van der Waals surface area contributed by atoms with Crippen LogP contribution in [0.5, 0.6) is 0 Å². The number of pyridine rings is 2. The quantitative estimate of drug-likeness (QED) is 0.669. The van der Waals surface area contributed by atoms with E-state index >= 15 is 0 Å². The molecule has 0 aliphatic carbocycles. The number of hydrogen-bond acceptors (Lipinski definition) is 5. The first-order chi connectivity index (χ1) is 15.4. The van der Waals surface area contributed by atoms with Gasteiger partial charge in [0, 0.05) is 55.4 Å². The van der Waals surface area contributed by atoms with E-state index in [4.69, 9.17) is 0 Å². The predicted octanol–water partition coefficient (Wildman–Crippen LogP) is 3.03. The molecule has 4 rings (SSSR count). The molecule has 2 amide bonds. The van der Waals surface area contributed by atoms with Crippen molar-refractivity contribution in [1.82, 2.24) is 30.0 Å². The van der Waals surface area contributed by atoms with Crippen molar-refractivity contribution in [3.8, 4) is 0 Å². The van der Waals surface area contributed by atoms with Gasteiger partial charge in [-0.25, -0.2) is 0 Å². The Bertz CT molecular complexity index is 1090. The highest BCUT2D eigenvalue weighted by molar-refractivity contribution is 5.94. The van der Waals surface area contributed by atoms with E-state index in [0.717, 1.165) is 29.8 Å². The molecule has 1 aliphatic rings. The Morgan fingerprint density at radius 2 is 1.88 bits per heavy atom. The molecule has 0 bridgehead atoms. The number of rotatable bonds is 5. The summed E-state index contributed by atoms with van der Waals surface area (Å²) in [6.07, 6.45) is 6.74. The first kappa shape index (κ1) is 21.7. The Hall–Kier alpha value is -3.55. The van der Waals surface area contributed by atoms with Gasteiger partial charge in [0.05, 0.1) is 17.8 Å². The molecule has 1 atom stereocenters. The van der Waals surface area contributed by atoms with E-state index in [1.54, 1.807) is 35.4 Å². The minimum atomic E-state index is -0.157. The molecule has 0 spiro atoms. The molecule has 1 N–H and O–H groups in total. The summed E-state index contributed by atoms with van der Waals surface area (Å²) in [7, 11) is 1.88. The van der Waals surface area contributed by atoms with Crippen LogP contribution in [0.15, 0.2) is 48.9 Å². The lowest BCUT2D eigenvalue weighted by Crippen LogP contribution is -2.38. The summed E-state index contributed by atoms with van der Waals surface area (Å²) in [5, 5.41) is 7.26. The van der Waals surface area contributed by atoms with Gasteiger partial charge in [-0.2, -0.15) is 5.10 Å². The smallest absolute Gasteiger partial charge is 0.272 e. The van der Waals surface area contributed by atoms with Gasteiger partial charge in [0.25, 0.3) is 11.8 Å². The van der Waals surface area contributed by atoms with E-state index in [0.29, 0.717) is 24.3 Å². The summed E-state index contributed by atoms with van der Waals surface area (Å²) >= 11 is 0. The van der Waals surface area contributed by atoms with Gasteiger partial charge < -0.3 is 10.2 Å². The molecule has 0 unspecified atom stereocenters. The second kappa shape index (κ2) is 9.30. The van der Waals surface area contributed by atoms with Crippen molar-refractivity contribution in [3.05, 3.63) is 77.1 Å². The molecule has 0 saturated carbocycles. The summed E-state index contributed by atoms with van der Waals surface area (Å²) in [5.41, 5.74) is 4.00. The Kier molecular flexibility index (Phi) is 6.30. The van der Waals surface area contributed by atoms with Gasteiger partial charge in [-0.3, -0.25) is 24.2 Å². The van der Waals surface area contributed by atoms with Crippen LogP contribution in [0.1, 0.15) is 69.5 Å². The number of carbonyl (C=O) groups excluding carboxylic acids is 2. The molecule has 3 aromatic heterocycles. The minimum Gasteiger partial charge on any atom is -0.345 e. The fourth-order valence-electron chi connectivity index (χ4n) is 4.11. The number of hydrogen-bond donors (Lipinski definition) is 1. The maximum absolute atomic E-state index is 12.7. The summed E-state index contributed by atoms with van der Waals surface area (Å²) < 4.78 is 1.80. The predicted molar refractivity (Wildman–Crippen MR) is 120 cm³/mol. The number of carbonyl (C=O) groups is 2. The van der Waals surface area contributed by atoms with Gasteiger partial charge in [-0.1, -0.05) is 6.07 Å². The summed E-state index contributed by atoms with van der Waals surface area (Å²) in [6, 6.07) is 8.99. The number of piperidine rings is 1. The first-order valence-electron chi connectivity index (χ1n) is 10.9. The van der Waals surface area contributed by atoms with Crippen LogP contribution in [-0.4, -0.2) is 49.6 Å². The number of likely N-dealkylation sites (tertiary alicyclic amines) is 1. The molecule has 32 heavy (non-hydrogen) atoms. The van der Waals surface area contributed by atoms with Gasteiger partial charge >= 0.3 is 0 Å². The number of nitrogens with zero attached hydrogens (tertiary/aromatic N) is 5. The Labute approximate surface area is 187 Å². The Balaban J connectivity index is 1.33. The molecule has 1 fully saturated rings. The van der Waals surface area contributed by atoms with Gasteiger partial charge in [0.15, 0.2) is 0 Å². The fourth-order valence-corrected chi connectivity index (χ4v) is 4.11. The maximum atomic E-state index is 12.7. The molecular weight excluding hydrogens is 404 g/mol. The molecule has 8 heteroatoms. The third-order valence-corrected chi connectivity index (χ3v) is 6.22. The van der Waals surface area contributed by atoms with Gasteiger partial charge in [0.1, 0.15) is 5.69 Å². The van der Waals surface area contributed by atoms with Crippen molar-refractivity contribution in [3.63, 3.8) is 0 Å². The van der Waals surface area contributed by atoms with Crippen LogP contribution in [0.3, 0.4) is 0 Å². The number of amides is 2. The van der Waals surface area contributed by atoms with Crippen molar-refractivity contribution in [2.75, 3.05) is 13.1 Å². The standard InChI is InChI=1S/C24H28N6O2/c1-16(20-15-27-29(3)17(20)2)28-23(31)19-7-8-21(26-14-19)18-9-12-30(13-10-18)24(32)22-6-4-5-11-25-22/h4-8,11,14-16,18H,9-10,12-13H2,1-3H3,(H,28,31)/t16-/m0/s1. The normalized spacial score (nSPS) is 15.4. The number of nitrogens with one attached hydrogen (secondary N) is 1. The molecule has 0 radical (unpaired) electrons. The van der Waals surface area contributed by atoms with Gasteiger partial charge in [-0.05, 0) is 51.0 Å². The van der Waals surface area contributed by atoms with Crippen molar-refractivity contribution in [2.45, 2.75) is 38.6 Å². The van der Waals surface area contributed by atoms with Crippen LogP contribution in [-0.2, 0) is 7.05 Å². The topological polar surface area (TPSA) is 93.0 Å². The molecule has 166 valence electrons. The monoisotopic (exact) mass is 432 g/mol. The molecule has 0 aromatic carbocycles. The SMILES string of the molecule is Cc1c([C@H](C)NC(=O)c2ccc(C3CCN(C(=O)c4ccccn4)CC3)nc2)cnn1C. The second-order valence-electron chi connectivity index (χ2n) is 8.26. The van der Waals surface area contributed by atoms with E-state index in [2.05, 4.69) is 20.4 Å². The number of aromatic nitrogens is 4. The zero-order valence-corrected chi connectivity index (χ0v) is 18.7. The van der Waals surface area contributed by atoms with Crippen molar-refractivity contribution in [2.24, 2.45) is 7.05 Å². The highest BCUT2D eigenvalue weighted by Crippen LogP contribution is 2.27. The van der Waals surface area contributed by atoms with E-state index in [9.17, 15) is 9.59 Å². The van der Waals surface area contributed by atoms with E-state index in [1.165, 1.54) is 0 Å². The van der Waals surface area contributed by atoms with E-state index < -0.39 is 0 Å². The largest absolute Gasteiger partial charge is 0.345 e. The molecule has 1 saturated heterocycles. The van der Waals surface area contributed by atoms with Crippen LogP contribution >= 0.6 is 0 Å². The maximum Gasteiger partial charge on any atom is 0.272 e. The second-order valence-corrected chi connectivity index (χ2v) is 8.26. The van der Waals surface area contributed by atoms with Crippen LogP contribution < -0.4 is 5.32 Å². The van der Waals surface area contributed by atoms with Gasteiger partial charge in [-0.15, -0.1) is 0 Å². The lowest BCUT2D eigenvalue weighted by atomic mass is 9.92. The van der Waals surface area contributed by atoms with E-state index in [-0.39, 0.29) is 23.8 Å². The highest BCUT2D eigenvalue weighted by Gasteiger charge is 2.26. The molecule has 8 nitrogen and oxygen atoms in total. The fraction of sp³-hybridized carbons (Fsp3) is 0.375. The average Bonchev–Trinajstić information content (AvgIpc) is 3.17. The van der Waals surface area contributed by atoms with Crippen LogP contribution in [0, 0.1) is 6.92 Å². The number of aryl methyl sites for hydroxylation is 1. The zero-order chi connectivity index (χ0) is 22.7. The minimum absolute atomic E-state index is 0.0259. The molecule has 1 aliphatic heterocycles. The average molecular weight is 433 g/mol. The third-order valence-electron chi connectivity index (χ3n) is 6.22. The van der Waals surface area contributed by atoms with E-state index in [1.807, 2.05) is 44.0 Å². The molecular formula is C24H28N6O2. The van der Waals surface area contributed by atoms with Crippen molar-refractivity contribution < 1.29 is 9.59 Å². The summed E-state index contributed by atoms with van der Waals surface area (Å²) in [4.78, 5) is 35.8. The zero-order valence-electron chi connectivity index (χ0n) is 18.7. The summed E-state index contributed by atoms with van der Waals surface area (Å²) in [5.74, 6) is 0.0921. The molecule has 4 heterocycles. The Morgan fingerprint density at radius 1 is 1.09 bits per heavy atom. The Morgan fingerprint density at radius 3 is 2.47 bits per heavy atom. The van der Waals surface area contributed by atoms with Crippen molar-refractivity contribution in [1.29, 1.82) is 0 Å². The molecule has 3 aromatic rings. The van der Waals surface area contributed by atoms with Gasteiger partial charge in [0.2, 0.25) is 0 Å². The first-order valence-corrected chi connectivity index (χ1v) is 10.9. The third kappa shape index (κ3) is 4.54. The lowest BCUT2D eigenvalue weighted by Gasteiger charge is -2.31. The van der Waals surface area contributed by atoms with Crippen LogP contribution in [0.25, 0.3) is 0 Å². The summed E-state index contributed by atoms with van der Waals surface area (Å²) in [6.45, 7) is 5.28. The highest BCUT2D eigenvalue weighted by atomic mass is 16.2. The van der Waals surface area contributed by atoms with Crippen molar-refractivity contribution >= 4 is 11.8 Å². The van der Waals surface area contributed by atoms with Crippen LogP contribution in [0.4, 0.5) is 0 Å². The lowest BCUT2D eigenvalue weighted by molar-refractivity contribution is 0.0705.